The minimum atomic E-state index is -0.717. The van der Waals surface area contributed by atoms with Crippen molar-refractivity contribution in [2.45, 2.75) is 6.92 Å². The van der Waals surface area contributed by atoms with Crippen LogP contribution in [-0.2, 0) is 0 Å². The summed E-state index contributed by atoms with van der Waals surface area (Å²) in [5.41, 5.74) is -0.141. The Balaban J connectivity index is 2.48. The number of ether oxygens (including phenoxy) is 1. The molecule has 0 aliphatic heterocycles. The summed E-state index contributed by atoms with van der Waals surface area (Å²) in [6.45, 7) is 1.28. The fraction of sp³-hybridized carbons (Fsp3) is 0.0714. The highest BCUT2D eigenvalue weighted by Gasteiger charge is 2.16. The molecule has 2 rings (SSSR count). The van der Waals surface area contributed by atoms with Crippen molar-refractivity contribution in [2.24, 2.45) is 0 Å². The number of nitro groups is 1. The molecule has 0 heterocycles. The van der Waals surface area contributed by atoms with Crippen molar-refractivity contribution in [3.8, 4) is 11.5 Å². The Kier molecular flexibility index (Phi) is 4.32. The Bertz CT molecular complexity index is 733. The Labute approximate surface area is 127 Å². The summed E-state index contributed by atoms with van der Waals surface area (Å²) in [4.78, 5) is 21.7. The van der Waals surface area contributed by atoms with Gasteiger partial charge in [0.1, 0.15) is 5.75 Å². The summed E-state index contributed by atoms with van der Waals surface area (Å²) in [6.07, 6.45) is 0. The SMILES string of the molecule is CC(=O)c1cccc(F)c1Oc1cc(Br)cc([N+](=O)[O-])c1. The highest BCUT2D eigenvalue weighted by atomic mass is 79.9. The molecule has 0 aromatic heterocycles. The average Bonchev–Trinajstić information content (AvgIpc) is 2.40. The molecule has 0 aliphatic carbocycles. The molecule has 2 aromatic rings. The Morgan fingerprint density at radius 3 is 2.67 bits per heavy atom. The third-order valence-electron chi connectivity index (χ3n) is 2.63. The largest absolute Gasteiger partial charge is 0.453 e. The molecule has 0 radical (unpaired) electrons. The number of carbonyl (C=O) groups is 1. The summed E-state index contributed by atoms with van der Waals surface area (Å²) >= 11 is 3.12. The van der Waals surface area contributed by atoms with E-state index in [2.05, 4.69) is 15.9 Å². The Morgan fingerprint density at radius 1 is 1.33 bits per heavy atom. The molecule has 0 atom stereocenters. The lowest BCUT2D eigenvalue weighted by Crippen LogP contribution is -2.00. The van der Waals surface area contributed by atoms with Gasteiger partial charge >= 0.3 is 0 Å². The van der Waals surface area contributed by atoms with Crippen LogP contribution in [0.25, 0.3) is 0 Å². The van der Waals surface area contributed by atoms with Crippen molar-refractivity contribution in [3.05, 3.63) is 62.4 Å². The summed E-state index contributed by atoms with van der Waals surface area (Å²) in [7, 11) is 0. The Hall–Kier alpha value is -2.28. The molecule has 2 aromatic carbocycles. The van der Waals surface area contributed by atoms with Gasteiger partial charge in [-0.15, -0.1) is 0 Å². The lowest BCUT2D eigenvalue weighted by Gasteiger charge is -2.10. The zero-order valence-corrected chi connectivity index (χ0v) is 12.4. The number of benzene rings is 2. The predicted molar refractivity (Wildman–Crippen MR) is 77.3 cm³/mol. The van der Waals surface area contributed by atoms with E-state index in [1.807, 2.05) is 0 Å². The van der Waals surface area contributed by atoms with E-state index in [1.54, 1.807) is 0 Å². The van der Waals surface area contributed by atoms with Crippen LogP contribution in [0.1, 0.15) is 17.3 Å². The second-order valence-electron chi connectivity index (χ2n) is 4.18. The number of hydrogen-bond acceptors (Lipinski definition) is 4. The maximum absolute atomic E-state index is 13.8. The van der Waals surface area contributed by atoms with Crippen LogP contribution >= 0.6 is 15.9 Å². The first kappa shape index (κ1) is 15.1. The molecule has 0 spiro atoms. The molecule has 0 bridgehead atoms. The number of carbonyl (C=O) groups excluding carboxylic acids is 1. The van der Waals surface area contributed by atoms with Crippen LogP contribution in [0, 0.1) is 15.9 Å². The van der Waals surface area contributed by atoms with Crippen LogP contribution in [0.4, 0.5) is 10.1 Å². The fourth-order valence-electron chi connectivity index (χ4n) is 1.72. The number of nitro benzene ring substituents is 1. The molecule has 0 aliphatic rings. The van der Waals surface area contributed by atoms with Gasteiger partial charge in [0.25, 0.3) is 5.69 Å². The zero-order valence-electron chi connectivity index (χ0n) is 10.8. The van der Waals surface area contributed by atoms with Gasteiger partial charge < -0.3 is 4.74 Å². The van der Waals surface area contributed by atoms with Crippen molar-refractivity contribution in [1.82, 2.24) is 0 Å². The van der Waals surface area contributed by atoms with Crippen molar-refractivity contribution >= 4 is 27.4 Å². The third kappa shape index (κ3) is 3.43. The van der Waals surface area contributed by atoms with E-state index < -0.39 is 10.7 Å². The van der Waals surface area contributed by atoms with Gasteiger partial charge in [-0.25, -0.2) is 4.39 Å². The highest BCUT2D eigenvalue weighted by Crippen LogP contribution is 2.33. The molecule has 21 heavy (non-hydrogen) atoms. The molecule has 0 amide bonds. The molecule has 108 valence electrons. The average molecular weight is 354 g/mol. The molecule has 5 nitrogen and oxygen atoms in total. The normalized spacial score (nSPS) is 10.2. The van der Waals surface area contributed by atoms with E-state index in [9.17, 15) is 19.3 Å². The first-order chi connectivity index (χ1) is 9.88. The third-order valence-corrected chi connectivity index (χ3v) is 3.09. The van der Waals surface area contributed by atoms with Gasteiger partial charge in [0, 0.05) is 10.5 Å². The van der Waals surface area contributed by atoms with Crippen molar-refractivity contribution in [3.63, 3.8) is 0 Å². The molecular formula is C14H9BrFNO4. The molecule has 0 saturated heterocycles. The first-order valence-corrected chi connectivity index (χ1v) is 6.60. The van der Waals surface area contributed by atoms with Crippen LogP contribution in [0.2, 0.25) is 0 Å². The number of rotatable bonds is 4. The van der Waals surface area contributed by atoms with Crippen molar-refractivity contribution < 1.29 is 18.8 Å². The minimum Gasteiger partial charge on any atom is -0.453 e. The van der Waals surface area contributed by atoms with Crippen LogP contribution in [0.15, 0.2) is 40.9 Å². The standard InChI is InChI=1S/C14H9BrFNO4/c1-8(18)12-3-2-4-13(16)14(12)21-11-6-9(15)5-10(7-11)17(19)20/h2-7H,1H3. The number of hydrogen-bond donors (Lipinski definition) is 0. The van der Waals surface area contributed by atoms with E-state index in [4.69, 9.17) is 4.74 Å². The molecule has 0 saturated carbocycles. The van der Waals surface area contributed by atoms with E-state index in [0.29, 0.717) is 4.47 Å². The lowest BCUT2D eigenvalue weighted by atomic mass is 10.1. The van der Waals surface area contributed by atoms with Gasteiger partial charge in [-0.2, -0.15) is 0 Å². The fourth-order valence-corrected chi connectivity index (χ4v) is 2.18. The topological polar surface area (TPSA) is 69.4 Å². The number of ketones is 1. The summed E-state index contributed by atoms with van der Waals surface area (Å²) < 4.78 is 19.6. The van der Waals surface area contributed by atoms with Crippen molar-refractivity contribution in [2.75, 3.05) is 0 Å². The van der Waals surface area contributed by atoms with Gasteiger partial charge in [-0.05, 0) is 25.1 Å². The number of Topliss-reactive ketones (excluding diaryl/α,β-unsaturated/α-hetero) is 1. The lowest BCUT2D eigenvalue weighted by molar-refractivity contribution is -0.385. The number of halogens is 2. The van der Waals surface area contributed by atoms with Crippen molar-refractivity contribution in [1.29, 1.82) is 0 Å². The number of nitrogens with zero attached hydrogens (tertiary/aromatic N) is 1. The molecule has 0 unspecified atom stereocenters. The van der Waals surface area contributed by atoms with Gasteiger partial charge in [0.05, 0.1) is 16.6 Å². The van der Waals surface area contributed by atoms with Crippen LogP contribution in [0.3, 0.4) is 0 Å². The molecule has 0 fully saturated rings. The van der Waals surface area contributed by atoms with Crippen LogP contribution in [-0.4, -0.2) is 10.7 Å². The van der Waals surface area contributed by atoms with Gasteiger partial charge in [-0.3, -0.25) is 14.9 Å². The van der Waals surface area contributed by atoms with Crippen LogP contribution < -0.4 is 4.74 Å². The summed E-state index contributed by atoms with van der Waals surface area (Å²) in [5.74, 6) is -1.28. The molecule has 7 heteroatoms. The second kappa shape index (κ2) is 6.01. The van der Waals surface area contributed by atoms with Gasteiger partial charge in [0.2, 0.25) is 0 Å². The highest BCUT2D eigenvalue weighted by molar-refractivity contribution is 9.10. The van der Waals surface area contributed by atoms with E-state index in [-0.39, 0.29) is 28.5 Å². The molecular weight excluding hydrogens is 345 g/mol. The number of non-ortho nitro benzene ring substituents is 1. The first-order valence-electron chi connectivity index (χ1n) is 5.81. The maximum atomic E-state index is 13.8. The van der Waals surface area contributed by atoms with E-state index in [0.717, 1.165) is 12.1 Å². The van der Waals surface area contributed by atoms with E-state index in [1.165, 1.54) is 31.2 Å². The van der Waals surface area contributed by atoms with Crippen LogP contribution in [0.5, 0.6) is 11.5 Å². The van der Waals surface area contributed by atoms with E-state index >= 15 is 0 Å². The monoisotopic (exact) mass is 353 g/mol. The Morgan fingerprint density at radius 2 is 2.05 bits per heavy atom. The quantitative estimate of drug-likeness (QED) is 0.461. The zero-order chi connectivity index (χ0) is 15.6. The molecule has 0 N–H and O–H groups in total. The van der Waals surface area contributed by atoms with Gasteiger partial charge in [0.15, 0.2) is 17.3 Å². The summed E-state index contributed by atoms with van der Waals surface area (Å²) in [5, 5.41) is 10.8. The summed E-state index contributed by atoms with van der Waals surface area (Å²) in [6, 6.07) is 7.86. The van der Waals surface area contributed by atoms with Gasteiger partial charge in [-0.1, -0.05) is 22.0 Å². The predicted octanol–water partition coefficient (Wildman–Crippen LogP) is 4.49. The maximum Gasteiger partial charge on any atom is 0.274 e. The second-order valence-corrected chi connectivity index (χ2v) is 5.09. The number of para-hydroxylation sites is 1. The minimum absolute atomic E-state index is 0.0590. The smallest absolute Gasteiger partial charge is 0.274 e.